The second-order valence-corrected chi connectivity index (χ2v) is 3.53. The third kappa shape index (κ3) is 2.34. The second-order valence-electron chi connectivity index (χ2n) is 3.53. The number of carbonyl (C=O) groups excluding carboxylic acids is 1. The minimum atomic E-state index is 0.262. The molecule has 0 spiro atoms. The van der Waals surface area contributed by atoms with Crippen LogP contribution in [0.25, 0.3) is 0 Å². The molecule has 68 valence electrons. The molecule has 1 rings (SSSR count). The lowest BCUT2D eigenvalue weighted by Crippen LogP contribution is -2.34. The molecule has 1 aliphatic rings. The average Bonchev–Trinajstić information content (AvgIpc) is 1.94. The fourth-order valence-electron chi connectivity index (χ4n) is 1.32. The molecule has 3 heteroatoms. The van der Waals surface area contributed by atoms with Crippen LogP contribution in [0.1, 0.15) is 6.42 Å². The van der Waals surface area contributed by atoms with Gasteiger partial charge in [0, 0.05) is 32.4 Å². The van der Waals surface area contributed by atoms with E-state index in [1.165, 1.54) is 0 Å². The zero-order chi connectivity index (χ0) is 9.14. The Kier molecular flexibility index (Phi) is 2.87. The number of likely N-dealkylation sites (tertiary alicyclic amines) is 1. The first-order valence-electron chi connectivity index (χ1n) is 4.18. The first-order chi connectivity index (χ1) is 5.59. The quantitative estimate of drug-likeness (QED) is 0.527. The zero-order valence-electron chi connectivity index (χ0n) is 8.00. The van der Waals surface area contributed by atoms with Gasteiger partial charge in [-0.25, -0.2) is 0 Å². The molecular weight excluding hydrogens is 152 g/mol. The largest absolute Gasteiger partial charge is 0.383 e. The first-order valence-corrected chi connectivity index (χ1v) is 4.18. The summed E-state index contributed by atoms with van der Waals surface area (Å²) in [6.07, 6.45) is 2.81. The summed E-state index contributed by atoms with van der Waals surface area (Å²) in [7, 11) is 5.86. The van der Waals surface area contributed by atoms with Crippen LogP contribution in [0.5, 0.6) is 0 Å². The standard InChI is InChI=1S/C9H16N2O/c1-10(2)6-8-4-5-11(3)7-9(8)12/h6H,4-5,7H2,1-3H3/b8-6-. The maximum atomic E-state index is 11.4. The normalized spacial score (nSPS) is 23.2. The summed E-state index contributed by atoms with van der Waals surface area (Å²) in [5.41, 5.74) is 0.957. The Bertz CT molecular complexity index is 209. The molecule has 1 heterocycles. The highest BCUT2D eigenvalue weighted by Gasteiger charge is 2.18. The van der Waals surface area contributed by atoms with Crippen LogP contribution in [0.2, 0.25) is 0 Å². The highest BCUT2D eigenvalue weighted by atomic mass is 16.1. The molecule has 0 aromatic rings. The highest BCUT2D eigenvalue weighted by Crippen LogP contribution is 2.11. The van der Waals surface area contributed by atoms with Crippen molar-refractivity contribution >= 4 is 5.78 Å². The molecule has 0 aliphatic carbocycles. The molecule has 12 heavy (non-hydrogen) atoms. The zero-order valence-corrected chi connectivity index (χ0v) is 8.00. The molecule has 0 aromatic heterocycles. The van der Waals surface area contributed by atoms with Crippen molar-refractivity contribution in [3.63, 3.8) is 0 Å². The van der Waals surface area contributed by atoms with Gasteiger partial charge >= 0.3 is 0 Å². The third-order valence-electron chi connectivity index (χ3n) is 1.95. The lowest BCUT2D eigenvalue weighted by Gasteiger charge is -2.23. The van der Waals surface area contributed by atoms with Gasteiger partial charge in [-0.05, 0) is 13.5 Å². The van der Waals surface area contributed by atoms with Gasteiger partial charge in [-0.1, -0.05) is 0 Å². The fourth-order valence-corrected chi connectivity index (χ4v) is 1.32. The SMILES string of the molecule is CN(C)/C=C1/CCN(C)CC1=O. The summed E-state index contributed by atoms with van der Waals surface area (Å²) in [4.78, 5) is 15.4. The Morgan fingerprint density at radius 3 is 2.67 bits per heavy atom. The lowest BCUT2D eigenvalue weighted by molar-refractivity contribution is -0.117. The van der Waals surface area contributed by atoms with Crippen LogP contribution in [-0.2, 0) is 4.79 Å². The van der Waals surface area contributed by atoms with Crippen molar-refractivity contribution in [2.24, 2.45) is 0 Å². The Hall–Kier alpha value is -0.830. The Balaban J connectivity index is 2.62. The molecule has 0 radical (unpaired) electrons. The van der Waals surface area contributed by atoms with Crippen molar-refractivity contribution in [2.75, 3.05) is 34.2 Å². The minimum Gasteiger partial charge on any atom is -0.383 e. The first kappa shape index (κ1) is 9.26. The van der Waals surface area contributed by atoms with Crippen LogP contribution in [0, 0.1) is 0 Å². The van der Waals surface area contributed by atoms with Gasteiger partial charge in [-0.2, -0.15) is 0 Å². The Morgan fingerprint density at radius 1 is 1.50 bits per heavy atom. The molecule has 0 bridgehead atoms. The van der Waals surface area contributed by atoms with Gasteiger partial charge in [0.2, 0.25) is 0 Å². The molecule has 1 aliphatic heterocycles. The number of piperidine rings is 1. The molecule has 0 unspecified atom stereocenters. The van der Waals surface area contributed by atoms with Crippen molar-refractivity contribution in [3.8, 4) is 0 Å². The summed E-state index contributed by atoms with van der Waals surface area (Å²) in [5.74, 6) is 0.262. The molecule has 0 aromatic carbocycles. The molecule has 0 atom stereocenters. The summed E-state index contributed by atoms with van der Waals surface area (Å²) in [5, 5.41) is 0. The fraction of sp³-hybridized carbons (Fsp3) is 0.667. The topological polar surface area (TPSA) is 23.6 Å². The maximum Gasteiger partial charge on any atom is 0.174 e. The lowest BCUT2D eigenvalue weighted by atomic mass is 10.0. The van der Waals surface area contributed by atoms with Gasteiger partial charge in [0.25, 0.3) is 0 Å². The van der Waals surface area contributed by atoms with Crippen molar-refractivity contribution in [1.29, 1.82) is 0 Å². The number of rotatable bonds is 1. The summed E-state index contributed by atoms with van der Waals surface area (Å²) >= 11 is 0. The van der Waals surface area contributed by atoms with E-state index in [9.17, 15) is 4.79 Å². The van der Waals surface area contributed by atoms with Crippen LogP contribution in [0.15, 0.2) is 11.8 Å². The van der Waals surface area contributed by atoms with Crippen molar-refractivity contribution < 1.29 is 4.79 Å². The van der Waals surface area contributed by atoms with Gasteiger partial charge in [0.05, 0.1) is 6.54 Å². The summed E-state index contributed by atoms with van der Waals surface area (Å²) in [6, 6.07) is 0. The number of nitrogens with zero attached hydrogens (tertiary/aromatic N) is 2. The number of ketones is 1. The predicted molar refractivity (Wildman–Crippen MR) is 48.9 cm³/mol. The van der Waals surface area contributed by atoms with E-state index >= 15 is 0 Å². The smallest absolute Gasteiger partial charge is 0.174 e. The molecule has 0 N–H and O–H groups in total. The van der Waals surface area contributed by atoms with Crippen molar-refractivity contribution in [2.45, 2.75) is 6.42 Å². The van der Waals surface area contributed by atoms with Crippen LogP contribution >= 0.6 is 0 Å². The maximum absolute atomic E-state index is 11.4. The average molecular weight is 168 g/mol. The van der Waals surface area contributed by atoms with Gasteiger partial charge in [0.1, 0.15) is 0 Å². The van der Waals surface area contributed by atoms with E-state index in [1.807, 2.05) is 32.2 Å². The van der Waals surface area contributed by atoms with Crippen LogP contribution in [0.4, 0.5) is 0 Å². The number of likely N-dealkylation sites (N-methyl/N-ethyl adjacent to an activating group) is 1. The Labute approximate surface area is 73.6 Å². The minimum absolute atomic E-state index is 0.262. The highest BCUT2D eigenvalue weighted by molar-refractivity contribution is 5.97. The summed E-state index contributed by atoms with van der Waals surface area (Å²) < 4.78 is 0. The molecule has 0 amide bonds. The van der Waals surface area contributed by atoms with E-state index in [2.05, 4.69) is 4.90 Å². The van der Waals surface area contributed by atoms with Gasteiger partial charge in [-0.15, -0.1) is 0 Å². The van der Waals surface area contributed by atoms with Crippen molar-refractivity contribution in [1.82, 2.24) is 9.80 Å². The summed E-state index contributed by atoms with van der Waals surface area (Å²) in [6.45, 7) is 1.56. The molecule has 3 nitrogen and oxygen atoms in total. The van der Waals surface area contributed by atoms with Crippen molar-refractivity contribution in [3.05, 3.63) is 11.8 Å². The predicted octanol–water partition coefficient (Wildman–Crippen LogP) is 0.337. The van der Waals surface area contributed by atoms with Gasteiger partial charge < -0.3 is 4.90 Å². The number of carbonyl (C=O) groups is 1. The number of hydrogen-bond donors (Lipinski definition) is 0. The number of hydrogen-bond acceptors (Lipinski definition) is 3. The monoisotopic (exact) mass is 168 g/mol. The van der Waals surface area contributed by atoms with Crippen LogP contribution in [0.3, 0.4) is 0 Å². The van der Waals surface area contributed by atoms with E-state index in [0.29, 0.717) is 6.54 Å². The second kappa shape index (κ2) is 3.72. The Morgan fingerprint density at radius 2 is 2.17 bits per heavy atom. The third-order valence-corrected chi connectivity index (χ3v) is 1.95. The van der Waals surface area contributed by atoms with Crippen LogP contribution < -0.4 is 0 Å². The van der Waals surface area contributed by atoms with Crippen LogP contribution in [-0.4, -0.2) is 49.8 Å². The van der Waals surface area contributed by atoms with Gasteiger partial charge in [0.15, 0.2) is 5.78 Å². The molecule has 1 fully saturated rings. The van der Waals surface area contributed by atoms with E-state index in [0.717, 1.165) is 18.5 Å². The van der Waals surface area contributed by atoms with E-state index in [4.69, 9.17) is 0 Å². The van der Waals surface area contributed by atoms with Gasteiger partial charge in [-0.3, -0.25) is 9.69 Å². The molecule has 0 saturated carbocycles. The van der Waals surface area contributed by atoms with E-state index < -0.39 is 0 Å². The van der Waals surface area contributed by atoms with E-state index in [-0.39, 0.29) is 5.78 Å². The molecule has 1 saturated heterocycles. The van der Waals surface area contributed by atoms with E-state index in [1.54, 1.807) is 0 Å². The number of Topliss-reactive ketones (excluding diaryl/α,β-unsaturated/α-hetero) is 1. The molecular formula is C9H16N2O.